The molecule has 12 nitrogen and oxygen atoms in total. The maximum absolute atomic E-state index is 12.8. The number of benzene rings is 1. The van der Waals surface area contributed by atoms with Crippen molar-refractivity contribution < 1.29 is 60.0 Å². The SMILES string of the molecule is Cn1nnnc1SCC1=C(C(=O)O)N2C(=O)C(NC(=O)C(OC=O)c3ccccc3)[C@H]2SC1.[H-].[Na+]. The van der Waals surface area contributed by atoms with Crippen LogP contribution in [-0.2, 0) is 31.0 Å². The number of carbonyl (C=O) groups excluding carboxylic acids is 3. The smallest absolute Gasteiger partial charge is 1.00 e. The standard InChI is InChI=1S/C19H18N6O6S2.Na.H/c1-24-19(21-22-23-24)33-8-11-7-32-17-12(16(28)25(17)13(11)18(29)30)20-15(27)14(31-9-26)10-5-3-2-4-6-10;;/h2-6,9,12,14,17H,7-8H2,1H3,(H,20,27)(H,29,30);;/q;+1;-1/t12?,14?,17-;;/m1../s1. The quantitative estimate of drug-likeness (QED) is 0.153. The maximum atomic E-state index is 12.8. The van der Waals surface area contributed by atoms with Gasteiger partial charge in [0, 0.05) is 24.1 Å². The Bertz CT molecular complexity index is 1140. The minimum Gasteiger partial charge on any atom is -1.00 e. The van der Waals surface area contributed by atoms with Gasteiger partial charge >= 0.3 is 35.5 Å². The van der Waals surface area contributed by atoms with E-state index in [4.69, 9.17) is 4.74 Å². The summed E-state index contributed by atoms with van der Waals surface area (Å²) in [6, 6.07) is 7.45. The fourth-order valence-corrected chi connectivity index (χ4v) is 5.83. The molecule has 1 fully saturated rings. The molecule has 2 unspecified atom stereocenters. The molecule has 0 aliphatic carbocycles. The molecule has 1 saturated heterocycles. The molecule has 2 N–H and O–H groups in total. The van der Waals surface area contributed by atoms with Crippen molar-refractivity contribution in [3.63, 3.8) is 0 Å². The number of nitrogens with one attached hydrogen (secondary N) is 1. The zero-order valence-corrected chi connectivity index (χ0v) is 21.8. The van der Waals surface area contributed by atoms with Gasteiger partial charge in [-0.3, -0.25) is 19.3 Å². The summed E-state index contributed by atoms with van der Waals surface area (Å²) in [5, 5.41) is 23.4. The fraction of sp³-hybridized carbons (Fsp3) is 0.316. The Hall–Kier alpha value is -2.39. The molecule has 2 amide bonds. The monoisotopic (exact) mass is 514 g/mol. The van der Waals surface area contributed by atoms with Crippen LogP contribution in [0.1, 0.15) is 13.1 Å². The maximum Gasteiger partial charge on any atom is 1.00 e. The second-order valence-corrected chi connectivity index (χ2v) is 9.10. The van der Waals surface area contributed by atoms with Crippen LogP contribution < -0.4 is 34.9 Å². The summed E-state index contributed by atoms with van der Waals surface area (Å²) in [7, 11) is 1.67. The Morgan fingerprint density at radius 3 is 2.76 bits per heavy atom. The van der Waals surface area contributed by atoms with Crippen molar-refractivity contribution in [2.75, 3.05) is 11.5 Å². The number of aliphatic carboxylic acids is 1. The van der Waals surface area contributed by atoms with Gasteiger partial charge in [-0.05, 0) is 16.0 Å². The van der Waals surface area contributed by atoms with E-state index >= 15 is 0 Å². The molecule has 1 aromatic carbocycles. The van der Waals surface area contributed by atoms with Crippen LogP contribution in [0, 0.1) is 0 Å². The summed E-state index contributed by atoms with van der Waals surface area (Å²) < 4.78 is 6.40. The number of hydrogen-bond donors (Lipinski definition) is 2. The number of tetrazole rings is 1. The van der Waals surface area contributed by atoms with Crippen LogP contribution >= 0.6 is 23.5 Å². The molecule has 0 bridgehead atoms. The number of aromatic nitrogens is 4. The Labute approximate surface area is 225 Å². The Kier molecular flexibility index (Phi) is 8.76. The van der Waals surface area contributed by atoms with Crippen molar-refractivity contribution in [3.8, 4) is 0 Å². The van der Waals surface area contributed by atoms with Gasteiger partial charge in [0.2, 0.25) is 11.3 Å². The Morgan fingerprint density at radius 2 is 2.15 bits per heavy atom. The zero-order valence-electron chi connectivity index (χ0n) is 19.2. The van der Waals surface area contributed by atoms with E-state index in [9.17, 15) is 24.3 Å². The van der Waals surface area contributed by atoms with E-state index in [-0.39, 0.29) is 43.2 Å². The molecule has 1 aromatic heterocycles. The van der Waals surface area contributed by atoms with Gasteiger partial charge in [-0.1, -0.05) is 42.1 Å². The molecule has 4 rings (SSSR count). The van der Waals surface area contributed by atoms with Gasteiger partial charge < -0.3 is 16.6 Å². The van der Waals surface area contributed by atoms with Crippen LogP contribution in [0.5, 0.6) is 0 Å². The average Bonchev–Trinajstić information content (AvgIpc) is 3.23. The van der Waals surface area contributed by atoms with Crippen molar-refractivity contribution >= 4 is 47.8 Å². The third-order valence-corrected chi connectivity index (χ3v) is 7.47. The summed E-state index contributed by atoms with van der Waals surface area (Å²) in [4.78, 5) is 49.7. The first-order valence-electron chi connectivity index (χ1n) is 9.62. The molecule has 174 valence electrons. The van der Waals surface area contributed by atoms with Crippen molar-refractivity contribution in [2.24, 2.45) is 7.05 Å². The largest absolute Gasteiger partial charge is 1.00 e. The third-order valence-electron chi connectivity index (χ3n) is 5.04. The van der Waals surface area contributed by atoms with Crippen molar-refractivity contribution in [3.05, 3.63) is 47.2 Å². The normalized spacial score (nSPS) is 19.9. The number of thioether (sulfide) groups is 2. The van der Waals surface area contributed by atoms with E-state index < -0.39 is 35.3 Å². The number of aryl methyl sites for hydroxylation is 1. The van der Waals surface area contributed by atoms with E-state index in [1.54, 1.807) is 37.4 Å². The second-order valence-electron chi connectivity index (χ2n) is 7.05. The molecule has 0 radical (unpaired) electrons. The Morgan fingerprint density at radius 1 is 1.41 bits per heavy atom. The molecule has 2 aliphatic heterocycles. The van der Waals surface area contributed by atoms with Crippen LogP contribution in [-0.4, -0.2) is 77.4 Å². The summed E-state index contributed by atoms with van der Waals surface area (Å²) in [6.07, 6.45) is -1.22. The molecule has 3 atom stereocenters. The molecule has 3 heterocycles. The molecule has 0 saturated carbocycles. The van der Waals surface area contributed by atoms with E-state index in [1.165, 1.54) is 33.1 Å². The van der Waals surface area contributed by atoms with Crippen LogP contribution in [0.4, 0.5) is 0 Å². The van der Waals surface area contributed by atoms with E-state index in [2.05, 4.69) is 20.8 Å². The number of amides is 2. The molecule has 2 aromatic rings. The molecule has 15 heteroatoms. The van der Waals surface area contributed by atoms with Crippen molar-refractivity contribution in [1.29, 1.82) is 0 Å². The number of nitrogens with zero attached hydrogens (tertiary/aromatic N) is 5. The van der Waals surface area contributed by atoms with E-state index in [1.807, 2.05) is 0 Å². The van der Waals surface area contributed by atoms with E-state index in [0.29, 0.717) is 27.8 Å². The summed E-state index contributed by atoms with van der Waals surface area (Å²) in [5.74, 6) is -1.79. The summed E-state index contributed by atoms with van der Waals surface area (Å²) in [6.45, 7) is 0.170. The van der Waals surface area contributed by atoms with E-state index in [0.717, 1.165) is 0 Å². The van der Waals surface area contributed by atoms with Crippen LogP contribution in [0.25, 0.3) is 0 Å². The summed E-state index contributed by atoms with van der Waals surface area (Å²) >= 11 is 2.61. The predicted molar refractivity (Wildman–Crippen MR) is 117 cm³/mol. The molecular weight excluding hydrogens is 495 g/mol. The van der Waals surface area contributed by atoms with Crippen LogP contribution in [0.15, 0.2) is 46.8 Å². The van der Waals surface area contributed by atoms with Crippen LogP contribution in [0.3, 0.4) is 0 Å². The van der Waals surface area contributed by atoms with Gasteiger partial charge in [0.05, 0.1) is 0 Å². The number of hydrogen-bond acceptors (Lipinski definition) is 10. The number of rotatable bonds is 9. The first-order valence-corrected chi connectivity index (χ1v) is 11.7. The predicted octanol–water partition coefficient (Wildman–Crippen LogP) is -2.93. The summed E-state index contributed by atoms with van der Waals surface area (Å²) in [5.41, 5.74) is 0.910. The van der Waals surface area contributed by atoms with Gasteiger partial charge in [-0.15, -0.1) is 16.9 Å². The Balaban J connectivity index is 0.00000216. The fourth-order valence-electron chi connectivity index (χ4n) is 3.49. The average molecular weight is 515 g/mol. The molecule has 0 spiro atoms. The first kappa shape index (κ1) is 26.2. The second kappa shape index (κ2) is 11.4. The van der Waals surface area contributed by atoms with Gasteiger partial charge in [0.15, 0.2) is 0 Å². The number of fused-ring (bicyclic) bond motifs is 1. The number of β-lactam (4-membered cyclic amide) rings is 1. The first-order chi connectivity index (χ1) is 15.9. The molecule has 34 heavy (non-hydrogen) atoms. The van der Waals surface area contributed by atoms with Gasteiger partial charge in [-0.25, -0.2) is 9.48 Å². The third kappa shape index (κ3) is 5.15. The molecular formula is C19H19N6NaO6S2. The zero-order chi connectivity index (χ0) is 23.5. The van der Waals surface area contributed by atoms with Crippen LogP contribution in [0.2, 0.25) is 0 Å². The number of carbonyl (C=O) groups is 4. The molecule has 2 aliphatic rings. The minimum absolute atomic E-state index is 0. The van der Waals surface area contributed by atoms with Gasteiger partial charge in [0.1, 0.15) is 17.1 Å². The topological polar surface area (TPSA) is 157 Å². The van der Waals surface area contributed by atoms with Gasteiger partial charge in [-0.2, -0.15) is 0 Å². The number of ether oxygens (including phenoxy) is 1. The number of carboxylic acid groups (broad SMARTS) is 1. The van der Waals surface area contributed by atoms with Gasteiger partial charge in [0.25, 0.3) is 18.3 Å². The van der Waals surface area contributed by atoms with Crippen molar-refractivity contribution in [1.82, 2.24) is 30.4 Å². The minimum atomic E-state index is -1.23. The number of carboxylic acids is 1. The van der Waals surface area contributed by atoms with Crippen molar-refractivity contribution in [2.45, 2.75) is 22.7 Å².